The molecule has 0 saturated heterocycles. The minimum absolute atomic E-state index is 0. The zero-order valence-corrected chi connectivity index (χ0v) is 6.94. The second kappa shape index (κ2) is 9.02. The van der Waals surface area contributed by atoms with Gasteiger partial charge in [-0.3, -0.25) is 0 Å². The Bertz CT molecular complexity index is 188. The molecule has 62 valence electrons. The highest BCUT2D eigenvalue weighted by Crippen LogP contribution is 1.78. The first-order chi connectivity index (χ1) is 4.81. The van der Waals surface area contributed by atoms with Gasteiger partial charge < -0.3 is 9.47 Å². The molecule has 0 aliphatic rings. The first kappa shape index (κ1) is 12.7. The average molecular weight is 177 g/mol. The smallest absolute Gasteiger partial charge is 0.337 e. The van der Waals surface area contributed by atoms with Gasteiger partial charge in [-0.1, -0.05) is 5.73 Å². The van der Waals surface area contributed by atoms with Crippen LogP contribution in [-0.2, 0) is 14.3 Å². The fourth-order valence-electron chi connectivity index (χ4n) is 0.289. The van der Waals surface area contributed by atoms with Gasteiger partial charge in [0.1, 0.15) is 12.9 Å². The number of ether oxygens (including phenoxy) is 2. The number of methoxy groups -OCH3 is 1. The van der Waals surface area contributed by atoms with E-state index in [2.05, 4.69) is 27.5 Å². The van der Waals surface area contributed by atoms with Crippen molar-refractivity contribution in [3.05, 3.63) is 24.3 Å². The van der Waals surface area contributed by atoms with Crippen LogP contribution in [0.4, 0.5) is 0 Å². The normalized spacial score (nSPS) is 6.64. The molecule has 0 aromatic carbocycles. The summed E-state index contributed by atoms with van der Waals surface area (Å²) in [7, 11) is 1.41. The van der Waals surface area contributed by atoms with Crippen LogP contribution in [0.2, 0.25) is 0 Å². The van der Waals surface area contributed by atoms with E-state index in [0.717, 1.165) is 6.26 Å². The van der Waals surface area contributed by atoms with Gasteiger partial charge >= 0.3 is 5.97 Å². The number of hydrogen-bond donors (Lipinski definition) is 0. The van der Waals surface area contributed by atoms with Crippen LogP contribution in [0.1, 0.15) is 0 Å². The van der Waals surface area contributed by atoms with E-state index in [1.807, 2.05) is 0 Å². The van der Waals surface area contributed by atoms with Gasteiger partial charge in [-0.05, 0) is 12.3 Å². The predicted octanol–water partition coefficient (Wildman–Crippen LogP) is 1.05. The molecule has 0 radical (unpaired) electrons. The molecule has 0 aromatic rings. The number of carbonyl (C=O) groups is 1. The maximum Gasteiger partial charge on any atom is 0.337 e. The van der Waals surface area contributed by atoms with E-state index in [-0.39, 0.29) is 19.0 Å². The minimum atomic E-state index is -0.467. The van der Waals surface area contributed by atoms with Crippen molar-refractivity contribution in [1.82, 2.24) is 0 Å². The molecular formula is C7H9ClO3. The average Bonchev–Trinajstić information content (AvgIpc) is 1.89. The number of halogens is 1. The maximum absolute atomic E-state index is 10.5. The van der Waals surface area contributed by atoms with Crippen LogP contribution in [0.25, 0.3) is 0 Å². The van der Waals surface area contributed by atoms with Crippen molar-refractivity contribution in [2.45, 2.75) is 0 Å². The third-order valence-electron chi connectivity index (χ3n) is 0.614. The van der Waals surface area contributed by atoms with E-state index in [4.69, 9.17) is 0 Å². The molecule has 0 unspecified atom stereocenters. The molecule has 0 fully saturated rings. The van der Waals surface area contributed by atoms with Crippen molar-refractivity contribution in [2.24, 2.45) is 0 Å². The zero-order valence-electron chi connectivity index (χ0n) is 6.12. The van der Waals surface area contributed by atoms with Gasteiger partial charge in [0.25, 0.3) is 0 Å². The third kappa shape index (κ3) is 9.02. The quantitative estimate of drug-likeness (QED) is 0.366. The van der Waals surface area contributed by atoms with E-state index in [0.29, 0.717) is 0 Å². The maximum atomic E-state index is 10.5. The Hall–Kier alpha value is -0.980. The largest absolute Gasteiger partial charge is 0.424 e. The van der Waals surface area contributed by atoms with Crippen LogP contribution in [-0.4, -0.2) is 19.7 Å². The van der Waals surface area contributed by atoms with Crippen LogP contribution < -0.4 is 0 Å². The van der Waals surface area contributed by atoms with Crippen molar-refractivity contribution < 1.29 is 14.3 Å². The Morgan fingerprint density at radius 1 is 1.73 bits per heavy atom. The molecular weight excluding hydrogens is 168 g/mol. The van der Waals surface area contributed by atoms with Gasteiger partial charge in [-0.15, -0.1) is 12.4 Å². The number of carbonyl (C=O) groups excluding carboxylic acids is 1. The molecule has 0 heterocycles. The Labute approximate surface area is 71.4 Å². The molecule has 0 spiro atoms. The lowest BCUT2D eigenvalue weighted by Gasteiger charge is -1.93. The Kier molecular flexibility index (Phi) is 10.4. The molecule has 0 aliphatic heterocycles. The molecule has 0 rings (SSSR count). The molecule has 4 heteroatoms. The van der Waals surface area contributed by atoms with Crippen molar-refractivity contribution in [3.63, 3.8) is 0 Å². The monoisotopic (exact) mass is 176 g/mol. The summed E-state index contributed by atoms with van der Waals surface area (Å²) in [5.74, 6) is -0.467. The summed E-state index contributed by atoms with van der Waals surface area (Å²) < 4.78 is 8.90. The molecule has 0 aromatic heterocycles. The Morgan fingerprint density at radius 3 is 2.82 bits per heavy atom. The highest BCUT2D eigenvalue weighted by molar-refractivity contribution is 5.85. The highest BCUT2D eigenvalue weighted by atomic mass is 35.5. The second-order valence-electron chi connectivity index (χ2n) is 1.36. The molecule has 0 saturated carbocycles. The molecule has 0 N–H and O–H groups in total. The SMILES string of the molecule is C=C=C=COC(=O)COC.Cl. The Balaban J connectivity index is 0. The van der Waals surface area contributed by atoms with Gasteiger partial charge in [-0.2, -0.15) is 0 Å². The van der Waals surface area contributed by atoms with E-state index < -0.39 is 5.97 Å². The summed E-state index contributed by atoms with van der Waals surface area (Å²) in [6.45, 7) is 3.15. The van der Waals surface area contributed by atoms with Crippen molar-refractivity contribution >= 4 is 18.4 Å². The molecule has 0 atom stereocenters. The first-order valence-electron chi connectivity index (χ1n) is 2.59. The first-order valence-corrected chi connectivity index (χ1v) is 2.59. The molecule has 11 heavy (non-hydrogen) atoms. The van der Waals surface area contributed by atoms with Crippen LogP contribution >= 0.6 is 12.4 Å². The summed E-state index contributed by atoms with van der Waals surface area (Å²) >= 11 is 0. The summed E-state index contributed by atoms with van der Waals surface area (Å²) in [5.41, 5.74) is 4.64. The highest BCUT2D eigenvalue weighted by Gasteiger charge is 1.95. The molecule has 0 bridgehead atoms. The van der Waals surface area contributed by atoms with E-state index in [9.17, 15) is 4.79 Å². The minimum Gasteiger partial charge on any atom is -0.424 e. The van der Waals surface area contributed by atoms with Gasteiger partial charge in [0.05, 0.1) is 0 Å². The van der Waals surface area contributed by atoms with Crippen molar-refractivity contribution in [3.8, 4) is 0 Å². The van der Waals surface area contributed by atoms with E-state index >= 15 is 0 Å². The third-order valence-corrected chi connectivity index (χ3v) is 0.614. The van der Waals surface area contributed by atoms with Crippen LogP contribution in [0.15, 0.2) is 24.3 Å². The number of hydrogen-bond acceptors (Lipinski definition) is 3. The van der Waals surface area contributed by atoms with Crippen LogP contribution in [0.5, 0.6) is 0 Å². The fourth-order valence-corrected chi connectivity index (χ4v) is 0.289. The summed E-state index contributed by atoms with van der Waals surface area (Å²) in [4.78, 5) is 10.5. The van der Waals surface area contributed by atoms with Gasteiger partial charge in [-0.25, -0.2) is 4.79 Å². The van der Waals surface area contributed by atoms with Gasteiger partial charge in [0.15, 0.2) is 0 Å². The van der Waals surface area contributed by atoms with Crippen molar-refractivity contribution in [2.75, 3.05) is 13.7 Å². The number of esters is 1. The standard InChI is InChI=1S/C7H8O3.ClH/c1-3-4-5-10-7(8)6-9-2;/h5H,1,6H2,2H3;1H. The lowest BCUT2D eigenvalue weighted by atomic mass is 10.7. The lowest BCUT2D eigenvalue weighted by molar-refractivity contribution is -0.142. The summed E-state index contributed by atoms with van der Waals surface area (Å²) in [5, 5.41) is 0. The molecule has 0 amide bonds. The topological polar surface area (TPSA) is 35.5 Å². The predicted molar refractivity (Wildman–Crippen MR) is 42.4 cm³/mol. The summed E-state index contributed by atoms with van der Waals surface area (Å²) in [6, 6.07) is 0. The van der Waals surface area contributed by atoms with E-state index in [1.165, 1.54) is 7.11 Å². The summed E-state index contributed by atoms with van der Waals surface area (Å²) in [6.07, 6.45) is 1.08. The van der Waals surface area contributed by atoms with Gasteiger partial charge in [0.2, 0.25) is 0 Å². The van der Waals surface area contributed by atoms with Crippen LogP contribution in [0, 0.1) is 0 Å². The lowest BCUT2D eigenvalue weighted by Crippen LogP contribution is -2.06. The van der Waals surface area contributed by atoms with Crippen LogP contribution in [0.3, 0.4) is 0 Å². The Morgan fingerprint density at radius 2 is 2.36 bits per heavy atom. The molecule has 3 nitrogen and oxygen atoms in total. The second-order valence-corrected chi connectivity index (χ2v) is 1.36. The van der Waals surface area contributed by atoms with Crippen molar-refractivity contribution in [1.29, 1.82) is 0 Å². The van der Waals surface area contributed by atoms with Gasteiger partial charge in [0, 0.05) is 7.11 Å². The zero-order chi connectivity index (χ0) is 7.82. The fraction of sp³-hybridized carbons (Fsp3) is 0.286. The van der Waals surface area contributed by atoms with E-state index in [1.54, 1.807) is 0 Å². The molecule has 0 aliphatic carbocycles. The number of rotatable bonds is 3.